The number of hydrogen-bond acceptors (Lipinski definition) is 5. The largest absolute Gasteiger partial charge is 0.486 e. The zero-order valence-corrected chi connectivity index (χ0v) is 14.7. The van der Waals surface area contributed by atoms with Crippen molar-refractivity contribution in [3.05, 3.63) is 65.9 Å². The zero-order chi connectivity index (χ0) is 18.1. The number of carbonyl (C=O) groups excluding carboxylic acids is 1. The summed E-state index contributed by atoms with van der Waals surface area (Å²) in [5.41, 5.74) is 2.79. The van der Waals surface area contributed by atoms with E-state index >= 15 is 0 Å². The molecule has 7 heteroatoms. The van der Waals surface area contributed by atoms with Crippen LogP contribution >= 0.6 is 0 Å². The number of amides is 1. The van der Waals surface area contributed by atoms with E-state index in [1.54, 1.807) is 40.5 Å². The molecular formula is C19H19N5O2. The topological polar surface area (TPSA) is 73.1 Å². The molecule has 1 fully saturated rings. The molecule has 3 heterocycles. The van der Waals surface area contributed by atoms with Crippen molar-refractivity contribution < 1.29 is 9.53 Å². The van der Waals surface area contributed by atoms with Crippen molar-refractivity contribution in [2.45, 2.75) is 20.0 Å². The molecule has 1 aromatic carbocycles. The molecule has 0 bridgehead atoms. The van der Waals surface area contributed by atoms with E-state index in [4.69, 9.17) is 4.74 Å². The fraction of sp³-hybridized carbons (Fsp3) is 0.263. The number of aryl methyl sites for hydroxylation is 2. The van der Waals surface area contributed by atoms with Gasteiger partial charge in [0.05, 0.1) is 18.7 Å². The van der Waals surface area contributed by atoms with Crippen LogP contribution in [0.4, 0.5) is 0 Å². The number of benzene rings is 1. The second kappa shape index (κ2) is 6.59. The van der Waals surface area contributed by atoms with E-state index in [1.165, 1.54) is 0 Å². The van der Waals surface area contributed by atoms with E-state index < -0.39 is 0 Å². The molecule has 4 rings (SSSR count). The minimum atomic E-state index is -0.0332. The fourth-order valence-electron chi connectivity index (χ4n) is 3.00. The number of para-hydroxylation sites is 1. The molecular weight excluding hydrogens is 330 g/mol. The quantitative estimate of drug-likeness (QED) is 0.722. The Hall–Kier alpha value is -3.22. The highest BCUT2D eigenvalue weighted by Gasteiger charge is 2.33. The van der Waals surface area contributed by atoms with Gasteiger partial charge in [-0.3, -0.25) is 9.36 Å². The van der Waals surface area contributed by atoms with Gasteiger partial charge in [0.25, 0.3) is 5.91 Å². The first-order valence-corrected chi connectivity index (χ1v) is 8.45. The highest BCUT2D eigenvalue weighted by Crippen LogP contribution is 2.26. The van der Waals surface area contributed by atoms with Gasteiger partial charge in [0, 0.05) is 6.20 Å². The molecule has 1 saturated heterocycles. The third-order valence-electron chi connectivity index (χ3n) is 4.51. The van der Waals surface area contributed by atoms with Gasteiger partial charge in [0.1, 0.15) is 30.3 Å². The van der Waals surface area contributed by atoms with Gasteiger partial charge < -0.3 is 9.64 Å². The smallest absolute Gasteiger partial charge is 0.255 e. The van der Waals surface area contributed by atoms with Crippen molar-refractivity contribution in [2.24, 2.45) is 0 Å². The lowest BCUT2D eigenvalue weighted by atomic mass is 10.1. The van der Waals surface area contributed by atoms with Gasteiger partial charge in [-0.05, 0) is 37.1 Å². The Balaban J connectivity index is 1.37. The minimum Gasteiger partial charge on any atom is -0.486 e. The Bertz CT molecular complexity index is 895. The number of carbonyl (C=O) groups is 1. The van der Waals surface area contributed by atoms with Crippen molar-refractivity contribution in [1.82, 2.24) is 24.6 Å². The summed E-state index contributed by atoms with van der Waals surface area (Å²) in [6.45, 7) is 5.24. The van der Waals surface area contributed by atoms with Crippen LogP contribution in [0.25, 0.3) is 5.82 Å². The average Bonchev–Trinajstić information content (AvgIpc) is 3.14. The van der Waals surface area contributed by atoms with Crippen molar-refractivity contribution in [1.29, 1.82) is 0 Å². The van der Waals surface area contributed by atoms with Crippen LogP contribution in [0.3, 0.4) is 0 Å². The van der Waals surface area contributed by atoms with Gasteiger partial charge in [0.2, 0.25) is 0 Å². The zero-order valence-electron chi connectivity index (χ0n) is 14.7. The van der Waals surface area contributed by atoms with Crippen LogP contribution in [0, 0.1) is 13.8 Å². The Kier molecular flexibility index (Phi) is 4.12. The molecule has 0 N–H and O–H groups in total. The van der Waals surface area contributed by atoms with Crippen molar-refractivity contribution in [3.8, 4) is 11.6 Å². The second-order valence-corrected chi connectivity index (χ2v) is 6.45. The summed E-state index contributed by atoms with van der Waals surface area (Å²) in [5, 5.41) is 7.49. The summed E-state index contributed by atoms with van der Waals surface area (Å²) in [7, 11) is 0. The minimum absolute atomic E-state index is 0.0306. The molecule has 0 atom stereocenters. The molecule has 1 aliphatic heterocycles. The maximum Gasteiger partial charge on any atom is 0.255 e. The lowest BCUT2D eigenvalue weighted by Crippen LogP contribution is -2.56. The monoisotopic (exact) mass is 349 g/mol. The van der Waals surface area contributed by atoms with E-state index in [2.05, 4.69) is 15.2 Å². The standard InChI is InChI=1S/C19H19N5O2/c1-13-4-3-5-14(2)18(13)26-16-9-23(10-16)19(25)15-6-7-17(20-8-15)24-11-21-22-12-24/h3-8,11-12,16H,9-10H2,1-2H3. The molecule has 7 nitrogen and oxygen atoms in total. The Morgan fingerprint density at radius 2 is 1.77 bits per heavy atom. The first kappa shape index (κ1) is 16.3. The van der Waals surface area contributed by atoms with Crippen LogP contribution in [0.2, 0.25) is 0 Å². The number of aromatic nitrogens is 4. The van der Waals surface area contributed by atoms with E-state index in [-0.39, 0.29) is 12.0 Å². The summed E-state index contributed by atoms with van der Waals surface area (Å²) in [6.07, 6.45) is 4.74. The molecule has 26 heavy (non-hydrogen) atoms. The molecule has 0 radical (unpaired) electrons. The first-order valence-electron chi connectivity index (χ1n) is 8.45. The number of likely N-dealkylation sites (tertiary alicyclic amines) is 1. The highest BCUT2D eigenvalue weighted by atomic mass is 16.5. The van der Waals surface area contributed by atoms with E-state index in [1.807, 2.05) is 32.0 Å². The summed E-state index contributed by atoms with van der Waals surface area (Å²) >= 11 is 0. The number of pyridine rings is 1. The van der Waals surface area contributed by atoms with Gasteiger partial charge in [-0.2, -0.15) is 0 Å². The van der Waals surface area contributed by atoms with Gasteiger partial charge in [-0.15, -0.1) is 10.2 Å². The number of nitrogens with zero attached hydrogens (tertiary/aromatic N) is 5. The molecule has 0 saturated carbocycles. The Labute approximate surface area is 151 Å². The van der Waals surface area contributed by atoms with Crippen LogP contribution in [-0.4, -0.2) is 49.7 Å². The van der Waals surface area contributed by atoms with E-state index in [9.17, 15) is 4.79 Å². The van der Waals surface area contributed by atoms with Gasteiger partial charge in [0.15, 0.2) is 0 Å². The lowest BCUT2D eigenvalue weighted by molar-refractivity contribution is 0.0173. The highest BCUT2D eigenvalue weighted by molar-refractivity contribution is 5.94. The summed E-state index contributed by atoms with van der Waals surface area (Å²) in [5.74, 6) is 1.56. The van der Waals surface area contributed by atoms with Gasteiger partial charge in [-0.1, -0.05) is 18.2 Å². The van der Waals surface area contributed by atoms with E-state index in [0.717, 1.165) is 16.9 Å². The van der Waals surface area contributed by atoms with Crippen molar-refractivity contribution in [2.75, 3.05) is 13.1 Å². The molecule has 132 valence electrons. The predicted octanol–water partition coefficient (Wildman–Crippen LogP) is 2.18. The number of hydrogen-bond donors (Lipinski definition) is 0. The molecule has 2 aromatic heterocycles. The third-order valence-corrected chi connectivity index (χ3v) is 4.51. The maximum absolute atomic E-state index is 12.6. The average molecular weight is 349 g/mol. The van der Waals surface area contributed by atoms with Crippen molar-refractivity contribution in [3.63, 3.8) is 0 Å². The van der Waals surface area contributed by atoms with Crippen LogP contribution in [-0.2, 0) is 0 Å². The molecule has 0 aliphatic carbocycles. The lowest BCUT2D eigenvalue weighted by Gasteiger charge is -2.39. The number of rotatable bonds is 4. The van der Waals surface area contributed by atoms with Crippen molar-refractivity contribution >= 4 is 5.91 Å². The summed E-state index contributed by atoms with van der Waals surface area (Å²) < 4.78 is 7.76. The van der Waals surface area contributed by atoms with Crippen LogP contribution in [0.15, 0.2) is 49.2 Å². The summed E-state index contributed by atoms with van der Waals surface area (Å²) in [6, 6.07) is 9.63. The first-order chi connectivity index (χ1) is 12.6. The Morgan fingerprint density at radius 3 is 2.38 bits per heavy atom. The molecule has 3 aromatic rings. The fourth-order valence-corrected chi connectivity index (χ4v) is 3.00. The van der Waals surface area contributed by atoms with Gasteiger partial charge in [-0.25, -0.2) is 4.98 Å². The summed E-state index contributed by atoms with van der Waals surface area (Å²) in [4.78, 5) is 18.6. The second-order valence-electron chi connectivity index (χ2n) is 6.45. The molecule has 1 amide bonds. The normalized spacial score (nSPS) is 14.2. The molecule has 0 unspecified atom stereocenters. The predicted molar refractivity (Wildman–Crippen MR) is 95.4 cm³/mol. The SMILES string of the molecule is Cc1cccc(C)c1OC1CN(C(=O)c2ccc(-n3cnnc3)nc2)C1. The van der Waals surface area contributed by atoms with Gasteiger partial charge >= 0.3 is 0 Å². The van der Waals surface area contributed by atoms with E-state index in [0.29, 0.717) is 24.5 Å². The Morgan fingerprint density at radius 1 is 1.08 bits per heavy atom. The third kappa shape index (κ3) is 3.03. The number of ether oxygens (including phenoxy) is 1. The maximum atomic E-state index is 12.6. The van der Waals surface area contributed by atoms with Crippen LogP contribution in [0.5, 0.6) is 5.75 Å². The van der Waals surface area contributed by atoms with Crippen LogP contribution in [0.1, 0.15) is 21.5 Å². The van der Waals surface area contributed by atoms with Crippen LogP contribution < -0.4 is 4.74 Å². The molecule has 0 spiro atoms. The molecule has 1 aliphatic rings.